The van der Waals surface area contributed by atoms with Gasteiger partial charge >= 0.3 is 0 Å². The first-order valence-corrected chi connectivity index (χ1v) is 13.5. The molecule has 0 aliphatic heterocycles. The van der Waals surface area contributed by atoms with Gasteiger partial charge in [0.1, 0.15) is 0 Å². The Balaban J connectivity index is 1.37. The topological polar surface area (TPSA) is 66.0 Å². The monoisotopic (exact) mass is 538 g/mol. The van der Waals surface area contributed by atoms with Crippen LogP contribution in [-0.2, 0) is 4.79 Å². The van der Waals surface area contributed by atoms with E-state index in [0.29, 0.717) is 21.7 Å². The first-order valence-electron chi connectivity index (χ1n) is 10.9. The molecule has 35 heavy (non-hydrogen) atoms. The largest absolute Gasteiger partial charge is 0.332 e. The molecule has 0 aliphatic rings. The van der Waals surface area contributed by atoms with E-state index in [0.717, 1.165) is 27.5 Å². The number of para-hydroxylation sites is 1. The lowest BCUT2D eigenvalue weighted by Gasteiger charge is -2.15. The van der Waals surface area contributed by atoms with E-state index >= 15 is 0 Å². The average molecular weight is 539 g/mol. The van der Waals surface area contributed by atoms with Crippen molar-refractivity contribution in [2.45, 2.75) is 23.5 Å². The smallest absolute Gasteiger partial charge is 0.239 e. The highest BCUT2D eigenvalue weighted by atomic mass is 35.5. The molecule has 3 N–H and O–H groups in total. The summed E-state index contributed by atoms with van der Waals surface area (Å²) in [6.45, 7) is 2.00. The van der Waals surface area contributed by atoms with Crippen LogP contribution in [0, 0.1) is 0 Å². The fraction of sp³-hybridized carbons (Fsp3) is 0.115. The molecule has 0 aliphatic carbocycles. The minimum Gasteiger partial charge on any atom is -0.332 e. The molecule has 0 radical (unpaired) electrons. The summed E-state index contributed by atoms with van der Waals surface area (Å²) in [6.07, 6.45) is 0.672. The molecule has 0 saturated heterocycles. The van der Waals surface area contributed by atoms with Crippen LogP contribution in [0.5, 0.6) is 0 Å². The fourth-order valence-corrected chi connectivity index (χ4v) is 5.45. The van der Waals surface area contributed by atoms with Gasteiger partial charge in [-0.05, 0) is 55.0 Å². The van der Waals surface area contributed by atoms with Gasteiger partial charge in [-0.1, -0.05) is 61.0 Å². The first-order chi connectivity index (χ1) is 17.0. The number of nitrogens with zero attached hydrogens (tertiary/aromatic N) is 1. The second kappa shape index (κ2) is 12.2. The zero-order valence-electron chi connectivity index (χ0n) is 18.8. The summed E-state index contributed by atoms with van der Waals surface area (Å²) in [5.74, 6) is -0.0859. The van der Waals surface area contributed by atoms with E-state index in [2.05, 4.69) is 20.9 Å². The number of carbonyl (C=O) groups excluding carboxylic acids is 1. The Bertz CT molecular complexity index is 1310. The lowest BCUT2D eigenvalue weighted by Crippen LogP contribution is -2.24. The third kappa shape index (κ3) is 7.05. The number of rotatable bonds is 8. The Labute approximate surface area is 223 Å². The molecule has 1 heterocycles. The Morgan fingerprint density at radius 3 is 2.49 bits per heavy atom. The number of thiocarbonyl (C=S) groups is 1. The van der Waals surface area contributed by atoms with Gasteiger partial charge in [-0.25, -0.2) is 4.98 Å². The molecule has 9 heteroatoms. The van der Waals surface area contributed by atoms with Crippen molar-refractivity contribution < 1.29 is 4.79 Å². The van der Waals surface area contributed by atoms with E-state index in [1.807, 2.05) is 91.2 Å². The van der Waals surface area contributed by atoms with Crippen LogP contribution in [0.3, 0.4) is 0 Å². The van der Waals surface area contributed by atoms with Gasteiger partial charge in [0, 0.05) is 32.2 Å². The van der Waals surface area contributed by atoms with E-state index in [1.54, 1.807) is 0 Å². The molecule has 3 aromatic carbocycles. The molecule has 0 fully saturated rings. The van der Waals surface area contributed by atoms with E-state index in [1.165, 1.54) is 23.1 Å². The molecule has 0 spiro atoms. The van der Waals surface area contributed by atoms with E-state index in [4.69, 9.17) is 23.8 Å². The number of hydrogen-bond donors (Lipinski definition) is 3. The van der Waals surface area contributed by atoms with Crippen LogP contribution in [0.1, 0.15) is 13.3 Å². The number of aromatic nitrogens is 1. The SMILES string of the molecule is CCC(Sc1cccc(NC(=S)Nc2ccccc2)c1)C(=O)Nc1nc(-c2ccccc2Cl)cs1. The predicted molar refractivity (Wildman–Crippen MR) is 154 cm³/mol. The number of hydrogen-bond acceptors (Lipinski definition) is 5. The standard InChI is InChI=1S/C26H23ClN4OS3/c1-2-23(24(32)31-26-30-22(16-34-26)20-13-6-7-14-21(20)27)35-19-12-8-11-18(15-19)29-25(33)28-17-9-4-3-5-10-17/h3-16,23H,2H2,1H3,(H2,28,29,33)(H,30,31,32). The number of thioether (sulfide) groups is 1. The zero-order chi connectivity index (χ0) is 24.6. The van der Waals surface area contributed by atoms with Crippen molar-refractivity contribution in [3.8, 4) is 11.3 Å². The first kappa shape index (κ1) is 25.2. The number of anilines is 3. The van der Waals surface area contributed by atoms with Crippen molar-refractivity contribution >= 4 is 74.4 Å². The molecule has 4 aromatic rings. The maximum absolute atomic E-state index is 13.0. The summed E-state index contributed by atoms with van der Waals surface area (Å²) in [6, 6.07) is 25.1. The van der Waals surface area contributed by atoms with E-state index in [9.17, 15) is 4.79 Å². The van der Waals surface area contributed by atoms with Gasteiger partial charge in [-0.3, -0.25) is 4.79 Å². The summed E-state index contributed by atoms with van der Waals surface area (Å²) < 4.78 is 0. The minimum absolute atomic E-state index is 0.0859. The highest BCUT2D eigenvalue weighted by molar-refractivity contribution is 8.00. The summed E-state index contributed by atoms with van der Waals surface area (Å²) in [4.78, 5) is 18.5. The van der Waals surface area contributed by atoms with Gasteiger partial charge in [0.2, 0.25) is 5.91 Å². The van der Waals surface area contributed by atoms with Gasteiger partial charge in [0.25, 0.3) is 0 Å². The van der Waals surface area contributed by atoms with Crippen molar-refractivity contribution in [1.82, 2.24) is 4.98 Å². The summed E-state index contributed by atoms with van der Waals surface area (Å²) >= 11 is 14.6. The number of carbonyl (C=O) groups is 1. The highest BCUT2D eigenvalue weighted by Gasteiger charge is 2.20. The van der Waals surface area contributed by atoms with Crippen molar-refractivity contribution in [1.29, 1.82) is 0 Å². The van der Waals surface area contributed by atoms with Crippen molar-refractivity contribution in [3.05, 3.63) is 89.3 Å². The zero-order valence-corrected chi connectivity index (χ0v) is 22.0. The maximum atomic E-state index is 13.0. The van der Waals surface area contributed by atoms with Crippen molar-refractivity contribution in [2.75, 3.05) is 16.0 Å². The molecule has 5 nitrogen and oxygen atoms in total. The normalized spacial score (nSPS) is 11.5. The lowest BCUT2D eigenvalue weighted by molar-refractivity contribution is -0.115. The van der Waals surface area contributed by atoms with Gasteiger partial charge in [-0.15, -0.1) is 23.1 Å². The van der Waals surface area contributed by atoms with Crippen LogP contribution in [0.4, 0.5) is 16.5 Å². The van der Waals surface area contributed by atoms with Crippen LogP contribution in [0.2, 0.25) is 5.02 Å². The molecule has 1 unspecified atom stereocenters. The van der Waals surface area contributed by atoms with E-state index in [-0.39, 0.29) is 11.2 Å². The van der Waals surface area contributed by atoms with Gasteiger partial charge < -0.3 is 16.0 Å². The van der Waals surface area contributed by atoms with Crippen molar-refractivity contribution in [2.24, 2.45) is 0 Å². The minimum atomic E-state index is -0.271. The number of amides is 1. The number of nitrogens with one attached hydrogen (secondary N) is 3. The Morgan fingerprint density at radius 2 is 1.71 bits per heavy atom. The molecular formula is C26H23ClN4OS3. The third-order valence-corrected chi connectivity index (χ3v) is 7.60. The van der Waals surface area contributed by atoms with Gasteiger partial charge in [-0.2, -0.15) is 0 Å². The summed E-state index contributed by atoms with van der Waals surface area (Å²) in [7, 11) is 0. The third-order valence-electron chi connectivity index (χ3n) is 4.95. The molecule has 4 rings (SSSR count). The molecule has 0 saturated carbocycles. The molecule has 1 aromatic heterocycles. The Morgan fingerprint density at radius 1 is 1.00 bits per heavy atom. The van der Waals surface area contributed by atoms with Crippen molar-refractivity contribution in [3.63, 3.8) is 0 Å². The second-order valence-corrected chi connectivity index (χ2v) is 10.4. The molecular weight excluding hydrogens is 516 g/mol. The second-order valence-electron chi connectivity index (χ2n) is 7.49. The Hall–Kier alpha value is -2.91. The number of benzene rings is 3. The fourth-order valence-electron chi connectivity index (χ4n) is 3.26. The molecule has 0 bridgehead atoms. The van der Waals surface area contributed by atoms with Crippen LogP contribution in [0.15, 0.2) is 89.1 Å². The lowest BCUT2D eigenvalue weighted by atomic mass is 10.2. The highest BCUT2D eigenvalue weighted by Crippen LogP contribution is 2.32. The quantitative estimate of drug-likeness (QED) is 0.157. The van der Waals surface area contributed by atoms with Crippen LogP contribution >= 0.6 is 46.9 Å². The molecule has 178 valence electrons. The van der Waals surface area contributed by atoms with Crippen LogP contribution in [-0.4, -0.2) is 21.3 Å². The van der Waals surface area contributed by atoms with Crippen LogP contribution < -0.4 is 16.0 Å². The Kier molecular flexibility index (Phi) is 8.76. The van der Waals surface area contributed by atoms with Gasteiger partial charge in [0.05, 0.1) is 10.9 Å². The number of halogens is 1. The van der Waals surface area contributed by atoms with Gasteiger partial charge in [0.15, 0.2) is 10.2 Å². The molecule has 1 atom stereocenters. The average Bonchev–Trinajstić information content (AvgIpc) is 3.31. The predicted octanol–water partition coefficient (Wildman–Crippen LogP) is 7.78. The van der Waals surface area contributed by atoms with Crippen LogP contribution in [0.25, 0.3) is 11.3 Å². The maximum Gasteiger partial charge on any atom is 0.239 e. The van der Waals surface area contributed by atoms with E-state index < -0.39 is 0 Å². The number of thiazole rings is 1. The summed E-state index contributed by atoms with van der Waals surface area (Å²) in [5, 5.41) is 12.6. The molecule has 1 amide bonds. The summed E-state index contributed by atoms with van der Waals surface area (Å²) in [5.41, 5.74) is 3.35.